The Morgan fingerprint density at radius 2 is 1.95 bits per heavy atom. The number of nitrogens with zero attached hydrogens (tertiary/aromatic N) is 1. The number of aromatic nitrogens is 1. The lowest BCUT2D eigenvalue weighted by atomic mass is 10.4. The summed E-state index contributed by atoms with van der Waals surface area (Å²) in [4.78, 5) is 22.8. The highest BCUT2D eigenvalue weighted by atomic mass is 32.2. The maximum Gasteiger partial charge on any atom is 0.307 e. The van der Waals surface area contributed by atoms with Crippen molar-refractivity contribution in [1.29, 1.82) is 0 Å². The minimum absolute atomic E-state index is 0.0962. The molecule has 0 saturated heterocycles. The summed E-state index contributed by atoms with van der Waals surface area (Å²) in [5.41, 5.74) is 0.712. The van der Waals surface area contributed by atoms with E-state index >= 15 is 0 Å². The number of hydrogen-bond acceptors (Lipinski definition) is 5. The van der Waals surface area contributed by atoms with E-state index in [-0.39, 0.29) is 22.7 Å². The maximum absolute atomic E-state index is 12.8. The third-order valence-electron chi connectivity index (χ3n) is 2.91. The molecule has 2 rings (SSSR count). The number of rotatable bonds is 5. The van der Waals surface area contributed by atoms with Crippen LogP contribution in [0.4, 0.5) is 4.39 Å². The first kappa shape index (κ1) is 16.4. The smallest absolute Gasteiger partial charge is 0.303 e. The van der Waals surface area contributed by atoms with Crippen molar-refractivity contribution in [2.45, 2.75) is 24.8 Å². The Kier molecular flexibility index (Phi) is 4.77. The zero-order valence-corrected chi connectivity index (χ0v) is 13.2. The van der Waals surface area contributed by atoms with Gasteiger partial charge in [0.2, 0.25) is 5.91 Å². The van der Waals surface area contributed by atoms with Crippen LogP contribution in [0.2, 0.25) is 0 Å². The number of halogens is 1. The summed E-state index contributed by atoms with van der Waals surface area (Å²) in [6.45, 7) is 1.82. The van der Waals surface area contributed by atoms with Gasteiger partial charge >= 0.3 is 4.87 Å². The van der Waals surface area contributed by atoms with Crippen molar-refractivity contribution in [3.05, 3.63) is 50.8 Å². The van der Waals surface area contributed by atoms with E-state index < -0.39 is 21.7 Å². The fraction of sp³-hybridized carbons (Fsp3) is 0.231. The van der Waals surface area contributed by atoms with Crippen molar-refractivity contribution in [1.82, 2.24) is 9.29 Å². The number of thiazole rings is 1. The summed E-state index contributed by atoms with van der Waals surface area (Å²) < 4.78 is 39.9. The summed E-state index contributed by atoms with van der Waals surface area (Å²) in [6.07, 6.45) is -0.155. The van der Waals surface area contributed by atoms with E-state index in [2.05, 4.69) is 0 Å². The number of carbonyl (C=O) groups excluding carboxylic acids is 1. The zero-order chi connectivity index (χ0) is 16.3. The molecule has 0 fully saturated rings. The first-order valence-corrected chi connectivity index (χ1v) is 8.62. The van der Waals surface area contributed by atoms with Crippen LogP contribution in [0.25, 0.3) is 0 Å². The molecule has 0 radical (unpaired) electrons. The van der Waals surface area contributed by atoms with Crippen LogP contribution in [0.5, 0.6) is 0 Å². The monoisotopic (exact) mass is 344 g/mol. The van der Waals surface area contributed by atoms with Gasteiger partial charge in [0.25, 0.3) is 10.0 Å². The number of carbonyl (C=O) groups is 1. The van der Waals surface area contributed by atoms with Gasteiger partial charge in [-0.2, -0.15) is 0 Å². The number of amides is 1. The van der Waals surface area contributed by atoms with Crippen LogP contribution in [-0.4, -0.2) is 18.9 Å². The van der Waals surface area contributed by atoms with Crippen molar-refractivity contribution < 1.29 is 17.6 Å². The van der Waals surface area contributed by atoms with Gasteiger partial charge in [-0.15, -0.1) is 0 Å². The lowest BCUT2D eigenvalue weighted by Crippen LogP contribution is -2.32. The summed E-state index contributed by atoms with van der Waals surface area (Å²) in [6, 6.07) is 4.12. The molecule has 2 aromatic rings. The van der Waals surface area contributed by atoms with Crippen LogP contribution in [-0.2, 0) is 21.4 Å². The quantitative estimate of drug-likeness (QED) is 0.885. The first-order valence-electron chi connectivity index (χ1n) is 6.26. The molecule has 0 aliphatic carbocycles. The van der Waals surface area contributed by atoms with Crippen LogP contribution in [0.15, 0.2) is 39.3 Å². The summed E-state index contributed by atoms with van der Waals surface area (Å²) in [7, 11) is -4.04. The maximum atomic E-state index is 12.8. The molecule has 6 nitrogen and oxygen atoms in total. The van der Waals surface area contributed by atoms with E-state index in [1.165, 1.54) is 4.57 Å². The number of hydrogen-bond donors (Lipinski definition) is 1. The number of sulfonamides is 1. The molecule has 0 saturated carbocycles. The van der Waals surface area contributed by atoms with Crippen molar-refractivity contribution in [2.75, 3.05) is 0 Å². The topological polar surface area (TPSA) is 85.2 Å². The lowest BCUT2D eigenvalue weighted by Gasteiger charge is -2.08. The van der Waals surface area contributed by atoms with Crippen molar-refractivity contribution in [2.24, 2.45) is 0 Å². The van der Waals surface area contributed by atoms with Crippen LogP contribution >= 0.6 is 11.3 Å². The molecule has 118 valence electrons. The Labute approximate surface area is 130 Å². The largest absolute Gasteiger partial charge is 0.307 e. The Morgan fingerprint density at radius 3 is 2.50 bits per heavy atom. The van der Waals surface area contributed by atoms with Crippen LogP contribution in [0, 0.1) is 12.7 Å². The molecule has 0 unspecified atom stereocenters. The summed E-state index contributed by atoms with van der Waals surface area (Å²) in [5.74, 6) is -1.31. The molecule has 1 amide bonds. The second kappa shape index (κ2) is 6.41. The molecule has 9 heteroatoms. The molecular formula is C13H13FN2O4S2. The van der Waals surface area contributed by atoms with Crippen LogP contribution in [0.1, 0.15) is 12.1 Å². The Hall–Kier alpha value is -2.00. The van der Waals surface area contributed by atoms with Gasteiger partial charge in [0.05, 0.1) is 4.90 Å². The van der Waals surface area contributed by atoms with E-state index in [0.29, 0.717) is 5.69 Å². The summed E-state index contributed by atoms with van der Waals surface area (Å²) in [5, 5.41) is 1.66. The molecular weight excluding hydrogens is 331 g/mol. The number of aryl methyl sites for hydroxylation is 1. The summed E-state index contributed by atoms with van der Waals surface area (Å²) >= 11 is 1.02. The van der Waals surface area contributed by atoms with E-state index in [9.17, 15) is 22.4 Å². The van der Waals surface area contributed by atoms with Gasteiger partial charge in [-0.1, -0.05) is 11.3 Å². The molecule has 0 atom stereocenters. The highest BCUT2D eigenvalue weighted by Gasteiger charge is 2.17. The lowest BCUT2D eigenvalue weighted by molar-refractivity contribution is -0.119. The molecule has 22 heavy (non-hydrogen) atoms. The van der Waals surface area contributed by atoms with Gasteiger partial charge in [0.15, 0.2) is 0 Å². The average molecular weight is 344 g/mol. The Balaban J connectivity index is 2.02. The highest BCUT2D eigenvalue weighted by Crippen LogP contribution is 2.10. The molecule has 0 aliphatic heterocycles. The van der Waals surface area contributed by atoms with E-state index in [1.54, 1.807) is 12.3 Å². The van der Waals surface area contributed by atoms with E-state index in [4.69, 9.17) is 0 Å². The molecule has 0 bridgehead atoms. The molecule has 1 N–H and O–H groups in total. The minimum Gasteiger partial charge on any atom is -0.303 e. The van der Waals surface area contributed by atoms with Crippen molar-refractivity contribution >= 4 is 27.3 Å². The standard InChI is InChI=1S/C13H13FN2O4S2/c1-9-8-21-13(18)16(9)7-6-12(17)15-22(19,20)11-4-2-10(14)3-5-11/h2-5,8H,6-7H2,1H3,(H,15,17). The predicted octanol–water partition coefficient (Wildman–Crippen LogP) is 1.25. The average Bonchev–Trinajstić information content (AvgIpc) is 2.76. The predicted molar refractivity (Wildman–Crippen MR) is 79.7 cm³/mol. The first-order chi connectivity index (χ1) is 10.3. The normalized spacial score (nSPS) is 11.4. The highest BCUT2D eigenvalue weighted by molar-refractivity contribution is 7.90. The van der Waals surface area contributed by atoms with E-state index in [0.717, 1.165) is 35.6 Å². The van der Waals surface area contributed by atoms with Gasteiger partial charge in [-0.25, -0.2) is 17.5 Å². The van der Waals surface area contributed by atoms with Crippen LogP contribution < -0.4 is 9.60 Å². The molecule has 1 heterocycles. The third kappa shape index (κ3) is 3.80. The third-order valence-corrected chi connectivity index (χ3v) is 5.18. The molecule has 0 aliphatic rings. The number of benzene rings is 1. The van der Waals surface area contributed by atoms with Gasteiger partial charge in [-0.3, -0.25) is 9.59 Å². The second-order valence-electron chi connectivity index (χ2n) is 4.53. The second-order valence-corrected chi connectivity index (χ2v) is 7.03. The fourth-order valence-corrected chi connectivity index (χ4v) is 3.54. The van der Waals surface area contributed by atoms with Crippen molar-refractivity contribution in [3.63, 3.8) is 0 Å². The fourth-order valence-electron chi connectivity index (χ4n) is 1.76. The minimum atomic E-state index is -4.04. The Morgan fingerprint density at radius 1 is 1.32 bits per heavy atom. The Bertz CT molecular complexity index is 838. The molecule has 1 aromatic carbocycles. The number of nitrogens with one attached hydrogen (secondary N) is 1. The van der Waals surface area contributed by atoms with Gasteiger partial charge in [0, 0.05) is 24.0 Å². The molecule has 1 aromatic heterocycles. The van der Waals surface area contributed by atoms with E-state index in [1.807, 2.05) is 4.72 Å². The molecule has 0 spiro atoms. The SMILES string of the molecule is Cc1csc(=O)n1CCC(=O)NS(=O)(=O)c1ccc(F)cc1. The van der Waals surface area contributed by atoms with Gasteiger partial charge in [-0.05, 0) is 31.2 Å². The van der Waals surface area contributed by atoms with Crippen molar-refractivity contribution in [3.8, 4) is 0 Å². The van der Waals surface area contributed by atoms with Crippen LogP contribution in [0.3, 0.4) is 0 Å². The van der Waals surface area contributed by atoms with Gasteiger partial charge < -0.3 is 4.57 Å². The van der Waals surface area contributed by atoms with Gasteiger partial charge in [0.1, 0.15) is 5.82 Å². The zero-order valence-electron chi connectivity index (χ0n) is 11.6.